The van der Waals surface area contributed by atoms with Crippen LogP contribution >= 0.6 is 0 Å². The first-order valence-electron chi connectivity index (χ1n) is 10.9. The van der Waals surface area contributed by atoms with E-state index in [4.69, 9.17) is 9.47 Å². The molecule has 3 N–H and O–H groups in total. The molecule has 0 saturated carbocycles. The highest BCUT2D eigenvalue weighted by Gasteiger charge is 2.08. The summed E-state index contributed by atoms with van der Waals surface area (Å²) < 4.78 is 10.9. The van der Waals surface area contributed by atoms with Gasteiger partial charge < -0.3 is 25.4 Å². The molecule has 7 nitrogen and oxygen atoms in total. The molecule has 0 bridgehead atoms. The first kappa shape index (κ1) is 23.8. The van der Waals surface area contributed by atoms with E-state index in [1.165, 1.54) is 0 Å². The maximum absolute atomic E-state index is 12.5. The van der Waals surface area contributed by atoms with E-state index in [1.807, 2.05) is 61.5 Å². The van der Waals surface area contributed by atoms with E-state index in [9.17, 15) is 9.59 Å². The van der Waals surface area contributed by atoms with Gasteiger partial charge in [-0.3, -0.25) is 9.59 Å². The van der Waals surface area contributed by atoms with Gasteiger partial charge in [0, 0.05) is 36.2 Å². The minimum atomic E-state index is -0.223. The molecule has 0 spiro atoms. The Labute approximate surface area is 194 Å². The van der Waals surface area contributed by atoms with Gasteiger partial charge in [-0.1, -0.05) is 42.5 Å². The first-order valence-corrected chi connectivity index (χ1v) is 10.9. The second-order valence-electron chi connectivity index (χ2n) is 7.22. The van der Waals surface area contributed by atoms with E-state index in [1.54, 1.807) is 24.3 Å². The van der Waals surface area contributed by atoms with Crippen LogP contribution in [0.5, 0.6) is 5.75 Å². The van der Waals surface area contributed by atoms with Gasteiger partial charge in [0.2, 0.25) is 5.91 Å². The van der Waals surface area contributed by atoms with Crippen molar-refractivity contribution in [1.82, 2.24) is 5.32 Å². The Kier molecular flexibility index (Phi) is 9.29. The van der Waals surface area contributed by atoms with Gasteiger partial charge in [0.15, 0.2) is 0 Å². The molecule has 7 heteroatoms. The molecule has 0 aliphatic rings. The number of amides is 2. The highest BCUT2D eigenvalue weighted by atomic mass is 16.5. The summed E-state index contributed by atoms with van der Waals surface area (Å²) in [5, 5.41) is 8.78. The summed E-state index contributed by atoms with van der Waals surface area (Å²) in [5.74, 6) is 0.281. The van der Waals surface area contributed by atoms with Crippen molar-refractivity contribution in [2.75, 3.05) is 37.0 Å². The van der Waals surface area contributed by atoms with Crippen molar-refractivity contribution in [1.29, 1.82) is 0 Å². The molecule has 3 rings (SSSR count). The normalized spacial score (nSPS) is 10.3. The lowest BCUT2D eigenvalue weighted by Gasteiger charge is -2.11. The molecule has 2 amide bonds. The maximum Gasteiger partial charge on any atom is 0.251 e. The van der Waals surface area contributed by atoms with E-state index in [-0.39, 0.29) is 18.4 Å². The van der Waals surface area contributed by atoms with E-state index in [0.717, 1.165) is 11.3 Å². The molecule has 0 saturated heterocycles. The van der Waals surface area contributed by atoms with E-state index in [2.05, 4.69) is 16.0 Å². The lowest BCUT2D eigenvalue weighted by molar-refractivity contribution is -0.114. The van der Waals surface area contributed by atoms with Gasteiger partial charge in [0.05, 0.1) is 13.2 Å². The third-order valence-electron chi connectivity index (χ3n) is 4.69. The number of hydrogen-bond donors (Lipinski definition) is 3. The van der Waals surface area contributed by atoms with Crippen LogP contribution in [-0.2, 0) is 16.1 Å². The summed E-state index contributed by atoms with van der Waals surface area (Å²) in [6, 6.07) is 23.9. The van der Waals surface area contributed by atoms with Crippen molar-refractivity contribution in [2.24, 2.45) is 0 Å². The first-order chi connectivity index (χ1) is 16.1. The molecule has 0 atom stereocenters. The van der Waals surface area contributed by atoms with E-state index >= 15 is 0 Å². The third-order valence-corrected chi connectivity index (χ3v) is 4.69. The van der Waals surface area contributed by atoms with Crippen LogP contribution in [0.2, 0.25) is 0 Å². The van der Waals surface area contributed by atoms with Gasteiger partial charge in [0.1, 0.15) is 12.4 Å². The molecule has 0 fully saturated rings. The lowest BCUT2D eigenvalue weighted by atomic mass is 10.1. The predicted octanol–water partition coefficient (Wildman–Crippen LogP) is 4.08. The molecule has 0 unspecified atom stereocenters. The van der Waals surface area contributed by atoms with Crippen LogP contribution in [0.25, 0.3) is 0 Å². The van der Waals surface area contributed by atoms with E-state index in [0.29, 0.717) is 43.4 Å². The Morgan fingerprint density at radius 1 is 0.848 bits per heavy atom. The topological polar surface area (TPSA) is 88.7 Å². The largest absolute Gasteiger partial charge is 0.491 e. The van der Waals surface area contributed by atoms with Crippen LogP contribution in [0.3, 0.4) is 0 Å². The molecule has 0 aliphatic carbocycles. The van der Waals surface area contributed by atoms with Crippen LogP contribution < -0.4 is 20.7 Å². The monoisotopic (exact) mass is 447 g/mol. The minimum Gasteiger partial charge on any atom is -0.491 e. The summed E-state index contributed by atoms with van der Waals surface area (Å²) in [6.45, 7) is 4.10. The number of carbonyl (C=O) groups excluding carboxylic acids is 2. The van der Waals surface area contributed by atoms with Gasteiger partial charge in [-0.15, -0.1) is 0 Å². The molecule has 33 heavy (non-hydrogen) atoms. The van der Waals surface area contributed by atoms with Crippen LogP contribution in [-0.4, -0.2) is 38.2 Å². The van der Waals surface area contributed by atoms with Crippen molar-refractivity contribution in [3.8, 4) is 5.75 Å². The fourth-order valence-electron chi connectivity index (χ4n) is 3.06. The average Bonchev–Trinajstić information content (AvgIpc) is 2.85. The maximum atomic E-state index is 12.5. The Hall–Kier alpha value is -3.84. The standard InChI is InChI=1S/C26H29N3O4/c1-2-32-14-15-33-24-13-7-11-22(17-24)27-19-25(30)29-23-12-6-10-21(16-23)26(31)28-18-20-8-4-3-5-9-20/h3-13,16-17,27H,2,14-15,18-19H2,1H3,(H,28,31)(H,29,30). The predicted molar refractivity (Wildman–Crippen MR) is 130 cm³/mol. The van der Waals surface area contributed by atoms with Gasteiger partial charge in [0.25, 0.3) is 5.91 Å². The fourth-order valence-corrected chi connectivity index (χ4v) is 3.06. The molecule has 3 aromatic rings. The Morgan fingerprint density at radius 3 is 2.45 bits per heavy atom. The van der Waals surface area contributed by atoms with Gasteiger partial charge >= 0.3 is 0 Å². The molecule has 172 valence electrons. The molecular formula is C26H29N3O4. The second kappa shape index (κ2) is 12.9. The van der Waals surface area contributed by atoms with Crippen molar-refractivity contribution in [3.05, 3.63) is 90.0 Å². The molecule has 3 aromatic carbocycles. The SMILES string of the molecule is CCOCCOc1cccc(NCC(=O)Nc2cccc(C(=O)NCc3ccccc3)c2)c1. The highest BCUT2D eigenvalue weighted by molar-refractivity contribution is 5.98. The number of anilines is 2. The van der Waals surface area contributed by atoms with Crippen LogP contribution in [0.15, 0.2) is 78.9 Å². The van der Waals surface area contributed by atoms with Gasteiger partial charge in [-0.05, 0) is 42.8 Å². The lowest BCUT2D eigenvalue weighted by Crippen LogP contribution is -2.24. The summed E-state index contributed by atoms with van der Waals surface area (Å²) in [5.41, 5.74) is 2.83. The zero-order valence-corrected chi connectivity index (χ0v) is 18.7. The average molecular weight is 448 g/mol. The Balaban J connectivity index is 1.47. The van der Waals surface area contributed by atoms with Crippen molar-refractivity contribution >= 4 is 23.2 Å². The number of rotatable bonds is 12. The molecule has 0 radical (unpaired) electrons. The number of ether oxygens (including phenoxy) is 2. The summed E-state index contributed by atoms with van der Waals surface area (Å²) >= 11 is 0. The van der Waals surface area contributed by atoms with Crippen molar-refractivity contribution in [3.63, 3.8) is 0 Å². The Morgan fingerprint density at radius 2 is 1.64 bits per heavy atom. The number of nitrogens with one attached hydrogen (secondary N) is 3. The zero-order valence-electron chi connectivity index (χ0n) is 18.7. The number of hydrogen-bond acceptors (Lipinski definition) is 5. The van der Waals surface area contributed by atoms with Crippen molar-refractivity contribution < 1.29 is 19.1 Å². The van der Waals surface area contributed by atoms with Crippen LogP contribution in [0.4, 0.5) is 11.4 Å². The van der Waals surface area contributed by atoms with Gasteiger partial charge in [-0.2, -0.15) is 0 Å². The zero-order chi connectivity index (χ0) is 23.3. The van der Waals surface area contributed by atoms with Crippen LogP contribution in [0.1, 0.15) is 22.8 Å². The van der Waals surface area contributed by atoms with Crippen LogP contribution in [0, 0.1) is 0 Å². The number of benzene rings is 3. The molecule has 0 heterocycles. The highest BCUT2D eigenvalue weighted by Crippen LogP contribution is 2.17. The number of carbonyl (C=O) groups is 2. The van der Waals surface area contributed by atoms with Crippen molar-refractivity contribution in [2.45, 2.75) is 13.5 Å². The van der Waals surface area contributed by atoms with E-state index < -0.39 is 0 Å². The fraction of sp³-hybridized carbons (Fsp3) is 0.231. The van der Waals surface area contributed by atoms with Gasteiger partial charge in [-0.25, -0.2) is 0 Å². The third kappa shape index (κ3) is 8.31. The smallest absolute Gasteiger partial charge is 0.251 e. The summed E-state index contributed by atoms with van der Waals surface area (Å²) in [4.78, 5) is 24.8. The molecular weight excluding hydrogens is 418 g/mol. The summed E-state index contributed by atoms with van der Waals surface area (Å²) in [7, 11) is 0. The molecule has 0 aromatic heterocycles. The molecule has 0 aliphatic heterocycles. The summed E-state index contributed by atoms with van der Waals surface area (Å²) in [6.07, 6.45) is 0. The minimum absolute atomic E-state index is 0.0762. The second-order valence-corrected chi connectivity index (χ2v) is 7.22. The Bertz CT molecular complexity index is 1040. The quantitative estimate of drug-likeness (QED) is 0.364.